The van der Waals surface area contributed by atoms with Gasteiger partial charge in [-0.2, -0.15) is 4.68 Å². The largest absolute Gasteiger partial charge is 0.497 e. The van der Waals surface area contributed by atoms with Crippen LogP contribution in [0.4, 0.5) is 8.78 Å². The lowest BCUT2D eigenvalue weighted by Crippen LogP contribution is -2.25. The Morgan fingerprint density at radius 1 is 1.14 bits per heavy atom. The molecule has 0 saturated heterocycles. The van der Waals surface area contributed by atoms with Gasteiger partial charge in [0, 0.05) is 11.6 Å². The van der Waals surface area contributed by atoms with Crippen molar-refractivity contribution in [2.24, 2.45) is 0 Å². The van der Waals surface area contributed by atoms with Crippen molar-refractivity contribution in [2.45, 2.75) is 6.54 Å². The van der Waals surface area contributed by atoms with Gasteiger partial charge in [0.15, 0.2) is 22.8 Å². The average Bonchev–Trinajstić information content (AvgIpc) is 3.14. The zero-order chi connectivity index (χ0) is 20.5. The van der Waals surface area contributed by atoms with Crippen molar-refractivity contribution in [2.75, 3.05) is 7.11 Å². The highest BCUT2D eigenvalue weighted by Crippen LogP contribution is 2.17. The maximum absolute atomic E-state index is 14.0. The minimum absolute atomic E-state index is 0.00588. The van der Waals surface area contributed by atoms with Crippen molar-refractivity contribution in [3.63, 3.8) is 0 Å². The summed E-state index contributed by atoms with van der Waals surface area (Å²) in [6.07, 6.45) is 1.16. The standard InChI is InChI=1S/C19H13F2N5O3/c1-29-13-5-2-11(3-6-13)16(27)9-25-10-22-18-17(19(25)28)23-24-26(18)15-7-4-12(20)8-14(15)21/h2-8,10H,9H2,1H3. The Labute approximate surface area is 162 Å². The van der Waals surface area contributed by atoms with E-state index in [-0.39, 0.29) is 29.2 Å². The van der Waals surface area contributed by atoms with Gasteiger partial charge in [0.25, 0.3) is 5.56 Å². The molecule has 0 saturated carbocycles. The van der Waals surface area contributed by atoms with Crippen molar-refractivity contribution >= 4 is 16.9 Å². The van der Waals surface area contributed by atoms with Crippen LogP contribution in [-0.2, 0) is 6.54 Å². The fourth-order valence-corrected chi connectivity index (χ4v) is 2.79. The molecule has 0 radical (unpaired) electrons. The lowest BCUT2D eigenvalue weighted by atomic mass is 10.1. The molecule has 0 fully saturated rings. The topological polar surface area (TPSA) is 91.9 Å². The van der Waals surface area contributed by atoms with Gasteiger partial charge in [-0.1, -0.05) is 5.21 Å². The van der Waals surface area contributed by atoms with Gasteiger partial charge in [0.05, 0.1) is 13.7 Å². The number of rotatable bonds is 5. The molecule has 0 bridgehead atoms. The maximum Gasteiger partial charge on any atom is 0.283 e. The Morgan fingerprint density at radius 2 is 1.90 bits per heavy atom. The number of aromatic nitrogens is 5. The zero-order valence-electron chi connectivity index (χ0n) is 15.0. The number of fused-ring (bicyclic) bond motifs is 1. The molecule has 2 aromatic carbocycles. The van der Waals surface area contributed by atoms with Crippen LogP contribution >= 0.6 is 0 Å². The average molecular weight is 397 g/mol. The molecular formula is C19H13F2N5O3. The number of benzene rings is 2. The highest BCUT2D eigenvalue weighted by molar-refractivity contribution is 5.96. The van der Waals surface area contributed by atoms with Crippen LogP contribution in [0.25, 0.3) is 16.9 Å². The third-order valence-corrected chi connectivity index (χ3v) is 4.29. The molecule has 2 heterocycles. The lowest BCUT2D eigenvalue weighted by Gasteiger charge is -2.06. The van der Waals surface area contributed by atoms with Crippen molar-refractivity contribution in [1.82, 2.24) is 24.5 Å². The van der Waals surface area contributed by atoms with Gasteiger partial charge in [-0.25, -0.2) is 13.8 Å². The van der Waals surface area contributed by atoms with Crippen LogP contribution in [-0.4, -0.2) is 37.4 Å². The molecule has 10 heteroatoms. The van der Waals surface area contributed by atoms with Crippen LogP contribution in [0.1, 0.15) is 10.4 Å². The molecule has 29 heavy (non-hydrogen) atoms. The van der Waals surface area contributed by atoms with Crippen LogP contribution in [0.15, 0.2) is 53.6 Å². The highest BCUT2D eigenvalue weighted by Gasteiger charge is 2.17. The predicted molar refractivity (Wildman–Crippen MR) is 98.2 cm³/mol. The summed E-state index contributed by atoms with van der Waals surface area (Å²) in [4.78, 5) is 29.2. The van der Waals surface area contributed by atoms with E-state index in [2.05, 4.69) is 15.3 Å². The van der Waals surface area contributed by atoms with Gasteiger partial charge in [0.1, 0.15) is 23.6 Å². The van der Waals surface area contributed by atoms with E-state index in [0.29, 0.717) is 17.4 Å². The number of nitrogens with zero attached hydrogens (tertiary/aromatic N) is 5. The number of hydrogen-bond acceptors (Lipinski definition) is 6. The Kier molecular flexibility index (Phi) is 4.59. The van der Waals surface area contributed by atoms with Crippen LogP contribution in [0.3, 0.4) is 0 Å². The van der Waals surface area contributed by atoms with E-state index in [9.17, 15) is 18.4 Å². The second-order valence-corrected chi connectivity index (χ2v) is 6.10. The molecule has 0 N–H and O–H groups in total. The normalized spacial score (nSPS) is 11.0. The van der Waals surface area contributed by atoms with E-state index in [0.717, 1.165) is 21.6 Å². The van der Waals surface area contributed by atoms with E-state index >= 15 is 0 Å². The SMILES string of the molecule is COc1ccc(C(=O)Cn2cnc3c(nnn3-c3ccc(F)cc3F)c2=O)cc1. The van der Waals surface area contributed by atoms with E-state index in [4.69, 9.17) is 4.74 Å². The number of Topliss-reactive ketones (excluding diaryl/α,β-unsaturated/α-hetero) is 1. The van der Waals surface area contributed by atoms with E-state index in [1.54, 1.807) is 24.3 Å². The van der Waals surface area contributed by atoms with Crippen LogP contribution in [0, 0.1) is 11.6 Å². The van der Waals surface area contributed by atoms with Crippen LogP contribution in [0.2, 0.25) is 0 Å². The first-order chi connectivity index (χ1) is 14.0. The second kappa shape index (κ2) is 7.23. The first-order valence-electron chi connectivity index (χ1n) is 8.41. The zero-order valence-corrected chi connectivity index (χ0v) is 15.0. The minimum Gasteiger partial charge on any atom is -0.497 e. The molecule has 146 valence electrons. The summed E-state index contributed by atoms with van der Waals surface area (Å²) >= 11 is 0. The molecule has 8 nitrogen and oxygen atoms in total. The molecular weight excluding hydrogens is 384 g/mol. The van der Waals surface area contributed by atoms with Crippen molar-refractivity contribution in [1.29, 1.82) is 0 Å². The number of ether oxygens (including phenoxy) is 1. The summed E-state index contributed by atoms with van der Waals surface area (Å²) in [7, 11) is 1.52. The maximum atomic E-state index is 14.0. The van der Waals surface area contributed by atoms with E-state index in [1.807, 2.05) is 0 Å². The number of carbonyl (C=O) groups is 1. The monoisotopic (exact) mass is 397 g/mol. The van der Waals surface area contributed by atoms with Crippen LogP contribution in [0.5, 0.6) is 5.75 Å². The van der Waals surface area contributed by atoms with Crippen LogP contribution < -0.4 is 10.3 Å². The molecule has 0 aliphatic carbocycles. The molecule has 0 unspecified atom stereocenters. The van der Waals surface area contributed by atoms with E-state index in [1.165, 1.54) is 13.2 Å². The first-order valence-corrected chi connectivity index (χ1v) is 8.41. The van der Waals surface area contributed by atoms with Crippen molar-refractivity contribution < 1.29 is 18.3 Å². The number of carbonyl (C=O) groups excluding carboxylic acids is 1. The molecule has 0 aliphatic rings. The molecule has 0 amide bonds. The third kappa shape index (κ3) is 3.35. The second-order valence-electron chi connectivity index (χ2n) is 6.10. The lowest BCUT2D eigenvalue weighted by molar-refractivity contribution is 0.0970. The number of halogens is 2. The molecule has 0 aliphatic heterocycles. The summed E-state index contributed by atoms with van der Waals surface area (Å²) in [5, 5.41) is 7.49. The Morgan fingerprint density at radius 3 is 2.59 bits per heavy atom. The Balaban J connectivity index is 1.68. The smallest absolute Gasteiger partial charge is 0.283 e. The fraction of sp³-hybridized carbons (Fsp3) is 0.105. The van der Waals surface area contributed by atoms with Gasteiger partial charge in [-0.05, 0) is 36.4 Å². The van der Waals surface area contributed by atoms with Gasteiger partial charge in [-0.15, -0.1) is 5.10 Å². The summed E-state index contributed by atoms with van der Waals surface area (Å²) in [5.74, 6) is -1.33. The quantitative estimate of drug-likeness (QED) is 0.479. The molecule has 4 rings (SSSR count). The number of methoxy groups -OCH3 is 1. The molecule has 0 spiro atoms. The molecule has 0 atom stereocenters. The third-order valence-electron chi connectivity index (χ3n) is 4.29. The van der Waals surface area contributed by atoms with Gasteiger partial charge in [-0.3, -0.25) is 14.2 Å². The summed E-state index contributed by atoms with van der Waals surface area (Å²) < 4.78 is 34.3. The predicted octanol–water partition coefficient (Wildman–Crippen LogP) is 2.15. The Bertz CT molecular complexity index is 1280. The van der Waals surface area contributed by atoms with Crippen molar-refractivity contribution in [3.8, 4) is 11.4 Å². The minimum atomic E-state index is -0.877. The first kappa shape index (κ1) is 18.4. The highest BCUT2D eigenvalue weighted by atomic mass is 19.1. The van der Waals surface area contributed by atoms with Gasteiger partial charge < -0.3 is 4.74 Å². The molecule has 2 aromatic heterocycles. The molecule has 4 aromatic rings. The van der Waals surface area contributed by atoms with Gasteiger partial charge >= 0.3 is 0 Å². The summed E-state index contributed by atoms with van der Waals surface area (Å²) in [5.41, 5.74) is -0.458. The van der Waals surface area contributed by atoms with E-state index < -0.39 is 17.2 Å². The Hall–Kier alpha value is -3.95. The number of ketones is 1. The summed E-state index contributed by atoms with van der Waals surface area (Å²) in [6.45, 7) is -0.258. The number of hydrogen-bond donors (Lipinski definition) is 0. The summed E-state index contributed by atoms with van der Waals surface area (Å²) in [6, 6.07) is 9.37. The van der Waals surface area contributed by atoms with Gasteiger partial charge in [0.2, 0.25) is 0 Å². The van der Waals surface area contributed by atoms with Crippen molar-refractivity contribution in [3.05, 3.63) is 76.3 Å². The fourth-order valence-electron chi connectivity index (χ4n) is 2.79.